The first-order valence-corrected chi connectivity index (χ1v) is 29.8. The van der Waals surface area contributed by atoms with Crippen molar-refractivity contribution in [1.82, 2.24) is 0 Å². The van der Waals surface area contributed by atoms with Gasteiger partial charge in [-0.25, -0.2) is 0 Å². The Morgan fingerprint density at radius 1 is 0.284 bits per heavy atom. The van der Waals surface area contributed by atoms with E-state index in [4.69, 9.17) is 14.2 Å². The van der Waals surface area contributed by atoms with Crippen molar-refractivity contribution >= 4 is 17.9 Å². The molecule has 0 fully saturated rings. The Balaban J connectivity index is 4.15. The number of carbonyl (C=O) groups excluding carboxylic acids is 3. The lowest BCUT2D eigenvalue weighted by molar-refractivity contribution is -0.167. The SMILES string of the molecule is CCCCCCCC/C=C\CCCCCCCC(=O)OC(COC(=O)CCCCCCCCCCC)COC(=O)CCCCCCCCCCCCCCC/C=C\CCCCCCCCCC. The fourth-order valence-electron chi connectivity index (χ4n) is 8.91. The second-order valence-corrected chi connectivity index (χ2v) is 20.3. The van der Waals surface area contributed by atoms with Crippen molar-refractivity contribution < 1.29 is 28.6 Å². The Morgan fingerprint density at radius 2 is 0.493 bits per heavy atom. The molecule has 0 radical (unpaired) electrons. The molecule has 0 aliphatic heterocycles. The van der Waals surface area contributed by atoms with Crippen molar-refractivity contribution in [1.29, 1.82) is 0 Å². The van der Waals surface area contributed by atoms with E-state index in [1.165, 1.54) is 225 Å². The number of hydrogen-bond donors (Lipinski definition) is 0. The predicted molar refractivity (Wildman–Crippen MR) is 289 cm³/mol. The highest BCUT2D eigenvalue weighted by atomic mass is 16.6. The minimum Gasteiger partial charge on any atom is -0.462 e. The summed E-state index contributed by atoms with van der Waals surface area (Å²) in [5.41, 5.74) is 0. The van der Waals surface area contributed by atoms with Crippen molar-refractivity contribution in [2.75, 3.05) is 13.2 Å². The summed E-state index contributed by atoms with van der Waals surface area (Å²) in [6, 6.07) is 0. The molecule has 6 nitrogen and oxygen atoms in total. The topological polar surface area (TPSA) is 78.9 Å². The Bertz CT molecular complexity index is 1080. The molecule has 6 heteroatoms. The first-order valence-electron chi connectivity index (χ1n) is 29.8. The largest absolute Gasteiger partial charge is 0.462 e. The van der Waals surface area contributed by atoms with E-state index >= 15 is 0 Å². The second-order valence-electron chi connectivity index (χ2n) is 20.3. The molecular formula is C61H114O6. The van der Waals surface area contributed by atoms with Crippen molar-refractivity contribution in [3.8, 4) is 0 Å². The van der Waals surface area contributed by atoms with E-state index in [1.54, 1.807) is 0 Å². The van der Waals surface area contributed by atoms with Crippen LogP contribution in [0, 0.1) is 0 Å². The zero-order chi connectivity index (χ0) is 48.6. The standard InChI is InChI=1S/C61H114O6/c1-4-7-10-13-16-19-21-23-25-26-27-28-29-30-31-32-33-34-36-37-39-42-45-48-51-54-60(63)66-57-58(56-65-59(62)53-50-47-44-41-18-15-12-9-6-3)67-61(64)55-52-49-46-43-40-38-35-24-22-20-17-14-11-8-5-2/h24,26-27,35,58H,4-23,25,28-34,36-57H2,1-3H3/b27-26-,35-24-. The van der Waals surface area contributed by atoms with Gasteiger partial charge in [-0.3, -0.25) is 14.4 Å². The molecule has 0 aromatic rings. The number of hydrogen-bond acceptors (Lipinski definition) is 6. The molecule has 0 amide bonds. The Labute approximate surface area is 417 Å². The van der Waals surface area contributed by atoms with Gasteiger partial charge in [0.1, 0.15) is 13.2 Å². The van der Waals surface area contributed by atoms with Crippen LogP contribution >= 0.6 is 0 Å². The van der Waals surface area contributed by atoms with Crippen molar-refractivity contribution in [3.63, 3.8) is 0 Å². The summed E-state index contributed by atoms with van der Waals surface area (Å²) in [5.74, 6) is -0.863. The third-order valence-electron chi connectivity index (χ3n) is 13.4. The molecule has 0 heterocycles. The first-order chi connectivity index (χ1) is 33.0. The van der Waals surface area contributed by atoms with E-state index in [1.807, 2.05) is 0 Å². The number of allylic oxidation sites excluding steroid dienone is 4. The summed E-state index contributed by atoms with van der Waals surface area (Å²) in [6.45, 7) is 6.65. The third kappa shape index (κ3) is 54.7. The van der Waals surface area contributed by atoms with Crippen LogP contribution in [0.3, 0.4) is 0 Å². The van der Waals surface area contributed by atoms with Gasteiger partial charge >= 0.3 is 17.9 Å². The third-order valence-corrected chi connectivity index (χ3v) is 13.4. The molecule has 394 valence electrons. The number of carbonyl (C=O) groups is 3. The van der Waals surface area contributed by atoms with Gasteiger partial charge in [-0.05, 0) is 70.6 Å². The highest BCUT2D eigenvalue weighted by Gasteiger charge is 2.19. The van der Waals surface area contributed by atoms with Gasteiger partial charge in [-0.1, -0.05) is 263 Å². The zero-order valence-electron chi connectivity index (χ0n) is 45.2. The van der Waals surface area contributed by atoms with E-state index < -0.39 is 6.10 Å². The van der Waals surface area contributed by atoms with E-state index in [0.29, 0.717) is 19.3 Å². The monoisotopic (exact) mass is 943 g/mol. The molecule has 0 spiro atoms. The van der Waals surface area contributed by atoms with E-state index in [0.717, 1.165) is 64.2 Å². The molecule has 0 aliphatic carbocycles. The highest BCUT2D eigenvalue weighted by Crippen LogP contribution is 2.17. The molecule has 67 heavy (non-hydrogen) atoms. The van der Waals surface area contributed by atoms with E-state index in [-0.39, 0.29) is 31.1 Å². The van der Waals surface area contributed by atoms with Crippen LogP contribution in [-0.2, 0) is 28.6 Å². The Hall–Kier alpha value is -2.11. The van der Waals surface area contributed by atoms with Crippen LogP contribution in [0.5, 0.6) is 0 Å². The summed E-state index contributed by atoms with van der Waals surface area (Å²) in [6.07, 6.45) is 66.2. The molecule has 0 bridgehead atoms. The summed E-state index contributed by atoms with van der Waals surface area (Å²) in [5, 5.41) is 0. The van der Waals surface area contributed by atoms with Crippen LogP contribution in [0.1, 0.15) is 329 Å². The van der Waals surface area contributed by atoms with Gasteiger partial charge in [0, 0.05) is 19.3 Å². The maximum Gasteiger partial charge on any atom is 0.306 e. The molecule has 0 aliphatic rings. The molecular weight excluding hydrogens is 829 g/mol. The maximum absolute atomic E-state index is 12.8. The maximum atomic E-state index is 12.8. The summed E-state index contributed by atoms with van der Waals surface area (Å²) < 4.78 is 16.8. The average molecular weight is 944 g/mol. The minimum absolute atomic E-state index is 0.0704. The van der Waals surface area contributed by atoms with Crippen molar-refractivity contribution in [2.24, 2.45) is 0 Å². The van der Waals surface area contributed by atoms with E-state index in [2.05, 4.69) is 45.1 Å². The van der Waals surface area contributed by atoms with Crippen LogP contribution in [-0.4, -0.2) is 37.2 Å². The Morgan fingerprint density at radius 3 is 0.746 bits per heavy atom. The minimum atomic E-state index is -0.770. The van der Waals surface area contributed by atoms with Crippen molar-refractivity contribution in [2.45, 2.75) is 335 Å². The molecule has 0 aromatic heterocycles. The highest BCUT2D eigenvalue weighted by molar-refractivity contribution is 5.71. The van der Waals surface area contributed by atoms with Crippen molar-refractivity contribution in [3.05, 3.63) is 24.3 Å². The van der Waals surface area contributed by atoms with Gasteiger partial charge in [0.05, 0.1) is 0 Å². The van der Waals surface area contributed by atoms with Crippen LogP contribution in [0.2, 0.25) is 0 Å². The lowest BCUT2D eigenvalue weighted by Gasteiger charge is -2.18. The Kier molecular flexibility index (Phi) is 54.7. The van der Waals surface area contributed by atoms with Gasteiger partial charge in [0.2, 0.25) is 0 Å². The van der Waals surface area contributed by atoms with E-state index in [9.17, 15) is 14.4 Å². The fraction of sp³-hybridized carbons (Fsp3) is 0.885. The first kappa shape index (κ1) is 64.9. The van der Waals surface area contributed by atoms with Gasteiger partial charge in [-0.2, -0.15) is 0 Å². The molecule has 0 rings (SSSR count). The smallest absolute Gasteiger partial charge is 0.306 e. The molecule has 1 atom stereocenters. The van der Waals surface area contributed by atoms with Gasteiger partial charge in [0.15, 0.2) is 6.10 Å². The van der Waals surface area contributed by atoms with Crippen LogP contribution < -0.4 is 0 Å². The molecule has 0 saturated heterocycles. The summed E-state index contributed by atoms with van der Waals surface area (Å²) in [7, 11) is 0. The normalized spacial score (nSPS) is 12.1. The number of rotatable bonds is 55. The predicted octanol–water partition coefficient (Wildman–Crippen LogP) is 19.9. The fourth-order valence-corrected chi connectivity index (χ4v) is 8.91. The quantitative estimate of drug-likeness (QED) is 0.0262. The lowest BCUT2D eigenvalue weighted by Crippen LogP contribution is -2.30. The number of ether oxygens (including phenoxy) is 3. The van der Waals surface area contributed by atoms with Gasteiger partial charge in [0.25, 0.3) is 0 Å². The number of esters is 3. The molecule has 0 aromatic carbocycles. The molecule has 0 saturated carbocycles. The van der Waals surface area contributed by atoms with Crippen LogP contribution in [0.4, 0.5) is 0 Å². The number of unbranched alkanes of at least 4 members (excludes halogenated alkanes) is 40. The molecule has 0 N–H and O–H groups in total. The lowest BCUT2D eigenvalue weighted by atomic mass is 10.0. The van der Waals surface area contributed by atoms with Gasteiger partial charge < -0.3 is 14.2 Å². The molecule has 1 unspecified atom stereocenters. The second kappa shape index (κ2) is 56.5. The van der Waals surface area contributed by atoms with Crippen LogP contribution in [0.25, 0.3) is 0 Å². The van der Waals surface area contributed by atoms with Crippen LogP contribution in [0.15, 0.2) is 24.3 Å². The summed E-state index contributed by atoms with van der Waals surface area (Å²) in [4.78, 5) is 38.0. The average Bonchev–Trinajstić information content (AvgIpc) is 3.33. The van der Waals surface area contributed by atoms with Gasteiger partial charge in [-0.15, -0.1) is 0 Å². The zero-order valence-corrected chi connectivity index (χ0v) is 45.2. The summed E-state index contributed by atoms with van der Waals surface area (Å²) >= 11 is 0.